The molecule has 1 aliphatic heterocycles. The SMILES string of the molecule is N#Cc1ccnn1C1CSC1. The largest absolute Gasteiger partial charge is 0.250 e. The first-order chi connectivity index (χ1) is 5.42. The van der Waals surface area contributed by atoms with Gasteiger partial charge >= 0.3 is 0 Å². The summed E-state index contributed by atoms with van der Waals surface area (Å²) >= 11 is 1.89. The van der Waals surface area contributed by atoms with Crippen LogP contribution >= 0.6 is 11.8 Å². The summed E-state index contributed by atoms with van der Waals surface area (Å²) in [7, 11) is 0. The minimum absolute atomic E-state index is 0.463. The van der Waals surface area contributed by atoms with Gasteiger partial charge in [-0.05, 0) is 6.07 Å². The molecule has 0 bridgehead atoms. The van der Waals surface area contributed by atoms with Crippen LogP contribution in [0.25, 0.3) is 0 Å². The molecule has 0 unspecified atom stereocenters. The number of thioether (sulfide) groups is 1. The molecule has 0 radical (unpaired) electrons. The summed E-state index contributed by atoms with van der Waals surface area (Å²) in [4.78, 5) is 0. The first-order valence-corrected chi connectivity index (χ1v) is 4.58. The summed E-state index contributed by atoms with van der Waals surface area (Å²) in [5.74, 6) is 2.19. The minimum Gasteiger partial charge on any atom is -0.250 e. The zero-order valence-corrected chi connectivity index (χ0v) is 6.71. The first-order valence-electron chi connectivity index (χ1n) is 3.43. The second-order valence-corrected chi connectivity index (χ2v) is 3.54. The van der Waals surface area contributed by atoms with Crippen molar-refractivity contribution in [1.82, 2.24) is 9.78 Å². The third-order valence-electron chi connectivity index (χ3n) is 1.75. The molecule has 0 aliphatic carbocycles. The lowest BCUT2D eigenvalue weighted by atomic mass is 10.3. The van der Waals surface area contributed by atoms with E-state index in [1.165, 1.54) is 0 Å². The van der Waals surface area contributed by atoms with E-state index in [2.05, 4.69) is 11.2 Å². The van der Waals surface area contributed by atoms with Crippen molar-refractivity contribution in [3.8, 4) is 6.07 Å². The van der Waals surface area contributed by atoms with E-state index >= 15 is 0 Å². The van der Waals surface area contributed by atoms with Gasteiger partial charge in [-0.3, -0.25) is 4.68 Å². The number of rotatable bonds is 1. The highest BCUT2D eigenvalue weighted by molar-refractivity contribution is 8.00. The molecule has 1 aromatic heterocycles. The third-order valence-corrected chi connectivity index (χ3v) is 2.99. The molecule has 0 spiro atoms. The zero-order valence-electron chi connectivity index (χ0n) is 5.90. The first kappa shape index (κ1) is 6.74. The van der Waals surface area contributed by atoms with Crippen LogP contribution < -0.4 is 0 Å². The molecule has 56 valence electrons. The van der Waals surface area contributed by atoms with Crippen molar-refractivity contribution in [2.45, 2.75) is 6.04 Å². The Morgan fingerprint density at radius 2 is 2.55 bits per heavy atom. The number of nitrogens with zero attached hydrogens (tertiary/aromatic N) is 3. The van der Waals surface area contributed by atoms with Crippen LogP contribution in [0, 0.1) is 11.3 Å². The van der Waals surface area contributed by atoms with Crippen LogP contribution in [0.5, 0.6) is 0 Å². The Hall–Kier alpha value is -0.950. The van der Waals surface area contributed by atoms with E-state index < -0.39 is 0 Å². The van der Waals surface area contributed by atoms with Crippen LogP contribution in [0.15, 0.2) is 12.3 Å². The lowest BCUT2D eigenvalue weighted by Crippen LogP contribution is -2.24. The van der Waals surface area contributed by atoms with Gasteiger partial charge in [-0.15, -0.1) is 0 Å². The van der Waals surface area contributed by atoms with Crippen molar-refractivity contribution in [3.63, 3.8) is 0 Å². The average molecular weight is 165 g/mol. The van der Waals surface area contributed by atoms with Gasteiger partial charge in [-0.25, -0.2) is 0 Å². The highest BCUT2D eigenvalue weighted by atomic mass is 32.2. The van der Waals surface area contributed by atoms with Crippen molar-refractivity contribution in [2.24, 2.45) is 0 Å². The third kappa shape index (κ3) is 1.02. The molecule has 1 aliphatic rings. The summed E-state index contributed by atoms with van der Waals surface area (Å²) in [5, 5.41) is 12.7. The Kier molecular flexibility index (Phi) is 1.59. The molecule has 0 N–H and O–H groups in total. The van der Waals surface area contributed by atoms with E-state index in [1.807, 2.05) is 16.4 Å². The standard InChI is InChI=1S/C7H7N3S/c8-3-6-1-2-9-10(6)7-4-11-5-7/h1-2,7H,4-5H2. The zero-order chi connectivity index (χ0) is 7.68. The highest BCUT2D eigenvalue weighted by Gasteiger charge is 2.22. The number of nitriles is 1. The fourth-order valence-electron chi connectivity index (χ4n) is 1.06. The van der Waals surface area contributed by atoms with Gasteiger partial charge in [0.2, 0.25) is 0 Å². The lowest BCUT2D eigenvalue weighted by molar-refractivity contribution is 0.521. The Balaban J connectivity index is 2.29. The van der Waals surface area contributed by atoms with Crippen molar-refractivity contribution in [2.75, 3.05) is 11.5 Å². The molecule has 0 amide bonds. The van der Waals surface area contributed by atoms with Crippen molar-refractivity contribution >= 4 is 11.8 Å². The molecule has 0 saturated carbocycles. The summed E-state index contributed by atoms with van der Waals surface area (Å²) in [6.07, 6.45) is 1.68. The van der Waals surface area contributed by atoms with E-state index in [4.69, 9.17) is 5.26 Å². The van der Waals surface area contributed by atoms with Gasteiger partial charge in [0.25, 0.3) is 0 Å². The van der Waals surface area contributed by atoms with E-state index in [1.54, 1.807) is 12.3 Å². The van der Waals surface area contributed by atoms with Gasteiger partial charge in [0, 0.05) is 11.5 Å². The number of hydrogen-bond acceptors (Lipinski definition) is 3. The van der Waals surface area contributed by atoms with Gasteiger partial charge in [0.05, 0.1) is 12.2 Å². The predicted molar refractivity (Wildman–Crippen MR) is 43.3 cm³/mol. The maximum Gasteiger partial charge on any atom is 0.138 e. The van der Waals surface area contributed by atoms with Crippen LogP contribution in [0.4, 0.5) is 0 Å². The molecular weight excluding hydrogens is 158 g/mol. The molecule has 2 rings (SSSR count). The Bertz CT molecular complexity index is 295. The molecule has 1 saturated heterocycles. The Labute approximate surface area is 69.0 Å². The summed E-state index contributed by atoms with van der Waals surface area (Å²) in [6.45, 7) is 0. The van der Waals surface area contributed by atoms with Crippen LogP contribution in [0.3, 0.4) is 0 Å². The van der Waals surface area contributed by atoms with Gasteiger partial charge in [-0.1, -0.05) is 0 Å². The lowest BCUT2D eigenvalue weighted by Gasteiger charge is -2.25. The Morgan fingerprint density at radius 3 is 3.09 bits per heavy atom. The molecule has 1 fully saturated rings. The molecule has 11 heavy (non-hydrogen) atoms. The molecule has 3 nitrogen and oxygen atoms in total. The van der Waals surface area contributed by atoms with Crippen LogP contribution in [-0.2, 0) is 0 Å². The second kappa shape index (κ2) is 2.59. The van der Waals surface area contributed by atoms with Crippen molar-refractivity contribution in [1.29, 1.82) is 5.26 Å². The highest BCUT2D eigenvalue weighted by Crippen LogP contribution is 2.29. The fraction of sp³-hybridized carbons (Fsp3) is 0.429. The monoisotopic (exact) mass is 165 g/mol. The molecule has 2 heterocycles. The molecular formula is C7H7N3S. The van der Waals surface area contributed by atoms with E-state index in [9.17, 15) is 0 Å². The van der Waals surface area contributed by atoms with Crippen LogP contribution in [0.2, 0.25) is 0 Å². The van der Waals surface area contributed by atoms with Crippen molar-refractivity contribution < 1.29 is 0 Å². The molecule has 4 heteroatoms. The summed E-state index contributed by atoms with van der Waals surface area (Å²) < 4.78 is 1.82. The van der Waals surface area contributed by atoms with Gasteiger partial charge in [-0.2, -0.15) is 22.1 Å². The minimum atomic E-state index is 0.463. The van der Waals surface area contributed by atoms with E-state index in [0.717, 1.165) is 11.5 Å². The maximum atomic E-state index is 8.66. The maximum absolute atomic E-state index is 8.66. The van der Waals surface area contributed by atoms with Gasteiger partial charge in [0.15, 0.2) is 0 Å². The normalized spacial score (nSPS) is 17.4. The average Bonchev–Trinajstić information content (AvgIpc) is 2.32. The van der Waals surface area contributed by atoms with Crippen molar-refractivity contribution in [3.05, 3.63) is 18.0 Å². The second-order valence-electron chi connectivity index (χ2n) is 2.46. The van der Waals surface area contributed by atoms with Crippen LogP contribution in [0.1, 0.15) is 11.7 Å². The van der Waals surface area contributed by atoms with Gasteiger partial charge < -0.3 is 0 Å². The Morgan fingerprint density at radius 1 is 1.73 bits per heavy atom. The molecule has 0 atom stereocenters. The number of aromatic nitrogens is 2. The smallest absolute Gasteiger partial charge is 0.138 e. The quantitative estimate of drug-likeness (QED) is 0.624. The van der Waals surface area contributed by atoms with Crippen LogP contribution in [-0.4, -0.2) is 21.3 Å². The predicted octanol–water partition coefficient (Wildman–Crippen LogP) is 1.04. The molecule has 0 aromatic carbocycles. The topological polar surface area (TPSA) is 41.6 Å². The molecule has 1 aromatic rings. The summed E-state index contributed by atoms with van der Waals surface area (Å²) in [5.41, 5.74) is 0.676. The number of hydrogen-bond donors (Lipinski definition) is 0. The fourth-order valence-corrected chi connectivity index (χ4v) is 1.79. The van der Waals surface area contributed by atoms with Gasteiger partial charge in [0.1, 0.15) is 11.8 Å². The van der Waals surface area contributed by atoms with E-state index in [-0.39, 0.29) is 0 Å². The summed E-state index contributed by atoms with van der Waals surface area (Å²) in [6, 6.07) is 4.33. The van der Waals surface area contributed by atoms with E-state index in [0.29, 0.717) is 11.7 Å².